The van der Waals surface area contributed by atoms with Crippen molar-refractivity contribution in [2.75, 3.05) is 6.54 Å². The molecule has 0 aliphatic rings. The fourth-order valence-corrected chi connectivity index (χ4v) is 3.24. The average Bonchev–Trinajstić information content (AvgIpc) is 3.06. The maximum Gasteiger partial charge on any atom is 0.270 e. The fraction of sp³-hybridized carbons (Fsp3) is 0.385. The molecular weight excluding hydrogens is 278 g/mol. The van der Waals surface area contributed by atoms with Gasteiger partial charge in [-0.25, -0.2) is 4.98 Å². The van der Waals surface area contributed by atoms with Gasteiger partial charge in [-0.15, -0.1) is 22.7 Å². The summed E-state index contributed by atoms with van der Waals surface area (Å²) >= 11 is 3.17. The highest BCUT2D eigenvalue weighted by Gasteiger charge is 2.11. The van der Waals surface area contributed by atoms with Crippen LogP contribution >= 0.6 is 22.7 Å². The Kier molecular flexibility index (Phi) is 5.07. The minimum absolute atomic E-state index is 0.117. The van der Waals surface area contributed by atoms with Gasteiger partial charge in [0.1, 0.15) is 10.7 Å². The number of amides is 1. The topological polar surface area (TPSA) is 68.0 Å². The number of hydrogen-bond acceptors (Lipinski definition) is 5. The van der Waals surface area contributed by atoms with Crippen molar-refractivity contribution >= 4 is 28.6 Å². The van der Waals surface area contributed by atoms with Crippen LogP contribution in [-0.2, 0) is 13.0 Å². The van der Waals surface area contributed by atoms with Crippen LogP contribution in [0.3, 0.4) is 0 Å². The normalized spacial score (nSPS) is 12.3. The molecule has 1 amide bonds. The summed E-state index contributed by atoms with van der Waals surface area (Å²) in [5.74, 6) is 0.296. The summed E-state index contributed by atoms with van der Waals surface area (Å²) in [6.07, 6.45) is 0.989. The number of thiophene rings is 1. The first-order chi connectivity index (χ1) is 9.19. The van der Waals surface area contributed by atoms with Gasteiger partial charge in [0.15, 0.2) is 0 Å². The molecule has 102 valence electrons. The zero-order valence-electron chi connectivity index (χ0n) is 10.8. The van der Waals surface area contributed by atoms with Crippen LogP contribution in [-0.4, -0.2) is 17.4 Å². The zero-order chi connectivity index (χ0) is 13.7. The Morgan fingerprint density at radius 2 is 2.37 bits per heavy atom. The van der Waals surface area contributed by atoms with Gasteiger partial charge in [-0.1, -0.05) is 13.0 Å². The Labute approximate surface area is 120 Å². The largest absolute Gasteiger partial charge is 0.350 e. The van der Waals surface area contributed by atoms with Crippen LogP contribution in [0.15, 0.2) is 22.9 Å². The van der Waals surface area contributed by atoms with Crippen molar-refractivity contribution in [3.63, 3.8) is 0 Å². The van der Waals surface area contributed by atoms with Crippen molar-refractivity contribution in [2.24, 2.45) is 11.7 Å². The van der Waals surface area contributed by atoms with E-state index >= 15 is 0 Å². The Morgan fingerprint density at radius 3 is 3.00 bits per heavy atom. The predicted octanol–water partition coefficient (Wildman–Crippen LogP) is 2.27. The molecule has 2 rings (SSSR count). The third-order valence-corrected chi connectivity index (χ3v) is 4.47. The van der Waals surface area contributed by atoms with Gasteiger partial charge in [-0.2, -0.15) is 0 Å². The van der Waals surface area contributed by atoms with E-state index in [0.717, 1.165) is 11.4 Å². The lowest BCUT2D eigenvalue weighted by atomic mass is 10.1. The maximum atomic E-state index is 11.9. The maximum absolute atomic E-state index is 11.9. The molecule has 3 N–H and O–H groups in total. The van der Waals surface area contributed by atoms with E-state index in [0.29, 0.717) is 24.7 Å². The predicted molar refractivity (Wildman–Crippen MR) is 79.5 cm³/mol. The highest BCUT2D eigenvalue weighted by atomic mass is 32.1. The molecule has 1 atom stereocenters. The van der Waals surface area contributed by atoms with Gasteiger partial charge in [0.25, 0.3) is 5.91 Å². The van der Waals surface area contributed by atoms with Gasteiger partial charge in [0, 0.05) is 23.3 Å². The molecule has 0 aliphatic carbocycles. The summed E-state index contributed by atoms with van der Waals surface area (Å²) in [5.41, 5.74) is 5.95. The lowest BCUT2D eigenvalue weighted by Crippen LogP contribution is -2.29. The van der Waals surface area contributed by atoms with Crippen LogP contribution in [0.1, 0.15) is 27.3 Å². The van der Waals surface area contributed by atoms with Crippen molar-refractivity contribution in [1.82, 2.24) is 10.3 Å². The molecule has 0 saturated heterocycles. The molecule has 0 saturated carbocycles. The van der Waals surface area contributed by atoms with E-state index in [1.54, 1.807) is 16.7 Å². The number of rotatable bonds is 6. The number of hydrogen-bond donors (Lipinski definition) is 2. The lowest BCUT2D eigenvalue weighted by molar-refractivity contribution is 0.0943. The van der Waals surface area contributed by atoms with E-state index in [1.165, 1.54) is 16.2 Å². The third kappa shape index (κ3) is 4.12. The molecule has 6 heteroatoms. The molecular formula is C13H17N3OS2. The molecule has 2 heterocycles. The molecule has 1 unspecified atom stereocenters. The van der Waals surface area contributed by atoms with Gasteiger partial charge >= 0.3 is 0 Å². The van der Waals surface area contributed by atoms with Crippen LogP contribution in [0.2, 0.25) is 0 Å². The Morgan fingerprint density at radius 1 is 1.53 bits per heavy atom. The zero-order valence-corrected chi connectivity index (χ0v) is 12.4. The highest BCUT2D eigenvalue weighted by Crippen LogP contribution is 2.14. The molecule has 4 nitrogen and oxygen atoms in total. The van der Waals surface area contributed by atoms with Crippen LogP contribution in [0.5, 0.6) is 0 Å². The number of carbonyl (C=O) groups is 1. The van der Waals surface area contributed by atoms with E-state index in [4.69, 9.17) is 5.73 Å². The van der Waals surface area contributed by atoms with Gasteiger partial charge in [0.2, 0.25) is 0 Å². The number of carbonyl (C=O) groups excluding carboxylic acids is 1. The van der Waals surface area contributed by atoms with E-state index < -0.39 is 0 Å². The number of nitrogens with one attached hydrogen (secondary N) is 1. The molecule has 0 aliphatic heterocycles. The van der Waals surface area contributed by atoms with Crippen LogP contribution in [0.4, 0.5) is 0 Å². The molecule has 0 bridgehead atoms. The first-order valence-corrected chi connectivity index (χ1v) is 7.90. The number of aromatic nitrogens is 1. The Balaban J connectivity index is 1.79. The molecule has 0 fully saturated rings. The summed E-state index contributed by atoms with van der Waals surface area (Å²) in [4.78, 5) is 17.4. The molecule has 0 spiro atoms. The van der Waals surface area contributed by atoms with Gasteiger partial charge in [-0.3, -0.25) is 4.79 Å². The quantitative estimate of drug-likeness (QED) is 0.859. The third-order valence-electron chi connectivity index (χ3n) is 2.70. The molecule has 19 heavy (non-hydrogen) atoms. The van der Waals surface area contributed by atoms with Crippen LogP contribution < -0.4 is 11.1 Å². The smallest absolute Gasteiger partial charge is 0.270 e. The second-order valence-corrected chi connectivity index (χ2v) is 6.40. The first-order valence-electron chi connectivity index (χ1n) is 6.14. The SMILES string of the molecule is CC(CNC(=O)c1csc(CN)n1)Cc1cccs1. The fourth-order valence-electron chi connectivity index (χ4n) is 1.71. The van der Waals surface area contributed by atoms with Crippen LogP contribution in [0.25, 0.3) is 0 Å². The van der Waals surface area contributed by atoms with Gasteiger partial charge < -0.3 is 11.1 Å². The van der Waals surface area contributed by atoms with E-state index in [9.17, 15) is 4.79 Å². The average molecular weight is 295 g/mol. The van der Waals surface area contributed by atoms with E-state index in [1.807, 2.05) is 0 Å². The minimum atomic E-state index is -0.117. The standard InChI is InChI=1S/C13H17N3OS2/c1-9(5-10-3-2-4-18-10)7-15-13(17)11-8-19-12(6-14)16-11/h2-4,8-9H,5-7,14H2,1H3,(H,15,17). The minimum Gasteiger partial charge on any atom is -0.350 e. The summed E-state index contributed by atoms with van der Waals surface area (Å²) in [7, 11) is 0. The molecule has 2 aromatic rings. The lowest BCUT2D eigenvalue weighted by Gasteiger charge is -2.10. The summed E-state index contributed by atoms with van der Waals surface area (Å²) in [6, 6.07) is 4.17. The second kappa shape index (κ2) is 6.79. The summed E-state index contributed by atoms with van der Waals surface area (Å²) in [5, 5.41) is 7.53. The molecule has 0 aromatic carbocycles. The van der Waals surface area contributed by atoms with Crippen molar-refractivity contribution < 1.29 is 4.79 Å². The van der Waals surface area contributed by atoms with E-state index in [-0.39, 0.29) is 5.91 Å². The van der Waals surface area contributed by atoms with Crippen molar-refractivity contribution in [2.45, 2.75) is 19.9 Å². The monoisotopic (exact) mass is 295 g/mol. The van der Waals surface area contributed by atoms with E-state index in [2.05, 4.69) is 34.7 Å². The summed E-state index contributed by atoms with van der Waals surface area (Å²) in [6.45, 7) is 3.17. The molecule has 2 aromatic heterocycles. The van der Waals surface area contributed by atoms with Crippen molar-refractivity contribution in [1.29, 1.82) is 0 Å². The number of nitrogens with zero attached hydrogens (tertiary/aromatic N) is 1. The van der Waals surface area contributed by atoms with Crippen LogP contribution in [0, 0.1) is 5.92 Å². The van der Waals surface area contributed by atoms with Crippen molar-refractivity contribution in [3.05, 3.63) is 38.5 Å². The number of nitrogens with two attached hydrogens (primary N) is 1. The number of thiazole rings is 1. The van der Waals surface area contributed by atoms with Gasteiger partial charge in [-0.05, 0) is 23.8 Å². The molecule has 0 radical (unpaired) electrons. The Bertz CT molecular complexity index is 522. The van der Waals surface area contributed by atoms with Crippen molar-refractivity contribution in [3.8, 4) is 0 Å². The first kappa shape index (κ1) is 14.2. The summed E-state index contributed by atoms with van der Waals surface area (Å²) < 4.78 is 0. The second-order valence-electron chi connectivity index (χ2n) is 4.43. The van der Waals surface area contributed by atoms with Gasteiger partial charge in [0.05, 0.1) is 0 Å². The Hall–Kier alpha value is -1.24. The highest BCUT2D eigenvalue weighted by molar-refractivity contribution is 7.10.